The molecular formula is C16H27NO4. The molecule has 0 saturated heterocycles. The second kappa shape index (κ2) is 9.21. The van der Waals surface area contributed by atoms with Gasteiger partial charge in [0.2, 0.25) is 0 Å². The number of carbonyl (C=O) groups is 2. The summed E-state index contributed by atoms with van der Waals surface area (Å²) in [5.74, 6) is -0.103. The first-order valence-electron chi connectivity index (χ1n) is 7.09. The number of ether oxygens (including phenoxy) is 2. The Hall–Kier alpha value is -1.78. The van der Waals surface area contributed by atoms with E-state index in [4.69, 9.17) is 9.47 Å². The van der Waals surface area contributed by atoms with E-state index in [0.717, 1.165) is 0 Å². The van der Waals surface area contributed by atoms with Gasteiger partial charge in [-0.15, -0.1) is 0 Å². The van der Waals surface area contributed by atoms with Crippen molar-refractivity contribution < 1.29 is 19.1 Å². The van der Waals surface area contributed by atoms with Gasteiger partial charge in [-0.3, -0.25) is 0 Å². The topological polar surface area (TPSA) is 64.6 Å². The molecule has 0 aromatic heterocycles. The molecule has 0 saturated carbocycles. The molecule has 0 aromatic carbocycles. The van der Waals surface area contributed by atoms with Crippen LogP contribution in [0.3, 0.4) is 0 Å². The molecular weight excluding hydrogens is 270 g/mol. The number of hydrogen-bond acceptors (Lipinski definition) is 4. The summed E-state index contributed by atoms with van der Waals surface area (Å²) in [4.78, 5) is 23.2. The Labute approximate surface area is 127 Å². The van der Waals surface area contributed by atoms with E-state index in [1.165, 1.54) is 12.2 Å². The second-order valence-corrected chi connectivity index (χ2v) is 6.16. The lowest BCUT2D eigenvalue weighted by atomic mass is 10.0. The van der Waals surface area contributed by atoms with Crippen LogP contribution in [0, 0.1) is 5.92 Å². The van der Waals surface area contributed by atoms with Crippen molar-refractivity contribution in [2.45, 2.75) is 52.7 Å². The zero-order chi connectivity index (χ0) is 16.5. The average Bonchev–Trinajstić information content (AvgIpc) is 2.30. The zero-order valence-electron chi connectivity index (χ0n) is 13.6. The SMILES string of the molecule is C=CCOC(=O)/C=C/[C@@H](CC(C)C)NC(=O)OC(C)(C)C. The third-order valence-electron chi connectivity index (χ3n) is 2.24. The summed E-state index contributed by atoms with van der Waals surface area (Å²) in [5, 5.41) is 2.74. The van der Waals surface area contributed by atoms with Gasteiger partial charge in [0.25, 0.3) is 0 Å². The first-order chi connectivity index (χ1) is 9.64. The monoisotopic (exact) mass is 297 g/mol. The van der Waals surface area contributed by atoms with Gasteiger partial charge in [0.15, 0.2) is 0 Å². The number of hydrogen-bond donors (Lipinski definition) is 1. The molecule has 0 rings (SSSR count). The lowest BCUT2D eigenvalue weighted by Gasteiger charge is -2.23. The van der Waals surface area contributed by atoms with Crippen molar-refractivity contribution in [3.63, 3.8) is 0 Å². The lowest BCUT2D eigenvalue weighted by molar-refractivity contribution is -0.136. The van der Waals surface area contributed by atoms with Gasteiger partial charge in [-0.2, -0.15) is 0 Å². The fraction of sp³-hybridized carbons (Fsp3) is 0.625. The molecule has 0 heterocycles. The van der Waals surface area contributed by atoms with Gasteiger partial charge in [-0.05, 0) is 33.1 Å². The highest BCUT2D eigenvalue weighted by atomic mass is 16.6. The first-order valence-corrected chi connectivity index (χ1v) is 7.09. The normalized spacial score (nSPS) is 13.0. The highest BCUT2D eigenvalue weighted by Gasteiger charge is 2.19. The molecule has 5 nitrogen and oxygen atoms in total. The Morgan fingerprint density at radius 2 is 1.90 bits per heavy atom. The predicted octanol–water partition coefficient (Wildman–Crippen LogP) is 3.21. The van der Waals surface area contributed by atoms with E-state index >= 15 is 0 Å². The highest BCUT2D eigenvalue weighted by Crippen LogP contribution is 2.10. The third-order valence-corrected chi connectivity index (χ3v) is 2.24. The number of amides is 1. The van der Waals surface area contributed by atoms with Gasteiger partial charge in [-0.25, -0.2) is 9.59 Å². The zero-order valence-corrected chi connectivity index (χ0v) is 13.6. The van der Waals surface area contributed by atoms with Crippen LogP contribution >= 0.6 is 0 Å². The molecule has 5 heteroatoms. The maximum atomic E-state index is 11.8. The van der Waals surface area contributed by atoms with Crippen molar-refractivity contribution in [1.29, 1.82) is 0 Å². The molecule has 0 unspecified atom stereocenters. The molecule has 0 aromatic rings. The standard InChI is InChI=1S/C16H27NO4/c1-7-10-20-14(18)9-8-13(11-12(2)3)17-15(19)21-16(4,5)6/h7-9,12-13H,1,10-11H2,2-6H3,(H,17,19)/b9-8+/t13-/m0/s1. The number of nitrogens with one attached hydrogen (secondary N) is 1. The summed E-state index contributed by atoms with van der Waals surface area (Å²) < 4.78 is 10.1. The molecule has 21 heavy (non-hydrogen) atoms. The third kappa shape index (κ3) is 11.7. The molecule has 0 fully saturated rings. The quantitative estimate of drug-likeness (QED) is 0.445. The molecule has 1 N–H and O–H groups in total. The maximum absolute atomic E-state index is 11.8. The van der Waals surface area contributed by atoms with Gasteiger partial charge in [-0.1, -0.05) is 32.6 Å². The molecule has 0 aliphatic rings. The van der Waals surface area contributed by atoms with Crippen LogP contribution in [0.25, 0.3) is 0 Å². The lowest BCUT2D eigenvalue weighted by Crippen LogP contribution is -2.38. The van der Waals surface area contributed by atoms with Crippen molar-refractivity contribution in [3.05, 3.63) is 24.8 Å². The Balaban J connectivity index is 4.58. The van der Waals surface area contributed by atoms with Crippen LogP contribution in [0.4, 0.5) is 4.79 Å². The summed E-state index contributed by atoms with van der Waals surface area (Å²) in [7, 11) is 0. The Kier molecular flexibility index (Phi) is 8.43. The van der Waals surface area contributed by atoms with Crippen LogP contribution in [0.1, 0.15) is 41.0 Å². The van der Waals surface area contributed by atoms with Gasteiger partial charge in [0.05, 0.1) is 6.04 Å². The minimum atomic E-state index is -0.556. The van der Waals surface area contributed by atoms with Gasteiger partial charge >= 0.3 is 12.1 Å². The van der Waals surface area contributed by atoms with Crippen LogP contribution in [-0.4, -0.2) is 30.3 Å². The van der Waals surface area contributed by atoms with Crippen LogP contribution in [-0.2, 0) is 14.3 Å². The van der Waals surface area contributed by atoms with E-state index < -0.39 is 17.7 Å². The van der Waals surface area contributed by atoms with E-state index in [1.807, 2.05) is 13.8 Å². The summed E-state index contributed by atoms with van der Waals surface area (Å²) in [6, 6.07) is -0.281. The largest absolute Gasteiger partial charge is 0.458 e. The summed E-state index contributed by atoms with van der Waals surface area (Å²) in [6.07, 6.45) is 4.63. The number of alkyl carbamates (subject to hydrolysis) is 1. The fourth-order valence-electron chi connectivity index (χ4n) is 1.54. The molecule has 0 aliphatic carbocycles. The minimum absolute atomic E-state index is 0.164. The molecule has 0 spiro atoms. The Bertz CT molecular complexity index is 380. The molecule has 120 valence electrons. The molecule has 1 atom stereocenters. The van der Waals surface area contributed by atoms with E-state index in [9.17, 15) is 9.59 Å². The van der Waals surface area contributed by atoms with E-state index in [1.54, 1.807) is 26.8 Å². The van der Waals surface area contributed by atoms with E-state index in [2.05, 4.69) is 11.9 Å². The first kappa shape index (κ1) is 19.2. The maximum Gasteiger partial charge on any atom is 0.408 e. The van der Waals surface area contributed by atoms with E-state index in [0.29, 0.717) is 12.3 Å². The van der Waals surface area contributed by atoms with Gasteiger partial charge in [0.1, 0.15) is 12.2 Å². The van der Waals surface area contributed by atoms with Crippen LogP contribution in [0.2, 0.25) is 0 Å². The molecule has 0 bridgehead atoms. The summed E-state index contributed by atoms with van der Waals surface area (Å²) in [6.45, 7) is 13.1. The number of carbonyl (C=O) groups excluding carboxylic acids is 2. The van der Waals surface area contributed by atoms with Crippen molar-refractivity contribution in [1.82, 2.24) is 5.32 Å². The van der Waals surface area contributed by atoms with Crippen molar-refractivity contribution in [3.8, 4) is 0 Å². The Morgan fingerprint density at radius 1 is 1.29 bits per heavy atom. The number of rotatable bonds is 7. The van der Waals surface area contributed by atoms with Gasteiger partial charge in [0, 0.05) is 6.08 Å². The predicted molar refractivity (Wildman–Crippen MR) is 82.9 cm³/mol. The summed E-state index contributed by atoms with van der Waals surface area (Å²) >= 11 is 0. The number of esters is 1. The molecule has 0 radical (unpaired) electrons. The highest BCUT2D eigenvalue weighted by molar-refractivity contribution is 5.82. The second-order valence-electron chi connectivity index (χ2n) is 6.16. The van der Waals surface area contributed by atoms with Crippen molar-refractivity contribution in [2.75, 3.05) is 6.61 Å². The van der Waals surface area contributed by atoms with Crippen molar-refractivity contribution in [2.24, 2.45) is 5.92 Å². The fourth-order valence-corrected chi connectivity index (χ4v) is 1.54. The van der Waals surface area contributed by atoms with Crippen LogP contribution < -0.4 is 5.32 Å². The average molecular weight is 297 g/mol. The van der Waals surface area contributed by atoms with E-state index in [-0.39, 0.29) is 12.6 Å². The summed E-state index contributed by atoms with van der Waals surface area (Å²) in [5.41, 5.74) is -0.556. The van der Waals surface area contributed by atoms with Crippen molar-refractivity contribution >= 4 is 12.1 Å². The molecule has 0 aliphatic heterocycles. The Morgan fingerprint density at radius 3 is 2.38 bits per heavy atom. The smallest absolute Gasteiger partial charge is 0.408 e. The minimum Gasteiger partial charge on any atom is -0.458 e. The van der Waals surface area contributed by atoms with Crippen LogP contribution in [0.15, 0.2) is 24.8 Å². The van der Waals surface area contributed by atoms with Gasteiger partial charge < -0.3 is 14.8 Å². The van der Waals surface area contributed by atoms with Crippen LogP contribution in [0.5, 0.6) is 0 Å². The molecule has 1 amide bonds.